The molecule has 1 amide bonds. The summed E-state index contributed by atoms with van der Waals surface area (Å²) in [5.41, 5.74) is -0.833. The van der Waals surface area contributed by atoms with Gasteiger partial charge in [0.25, 0.3) is 0 Å². The van der Waals surface area contributed by atoms with Crippen LogP contribution in [0.1, 0.15) is 52.7 Å². The average Bonchev–Trinajstić information content (AvgIpc) is 3.05. The van der Waals surface area contributed by atoms with E-state index in [0.29, 0.717) is 22.8 Å². The first-order valence-corrected chi connectivity index (χ1v) is 16.2. The number of aliphatic hydroxyl groups excluding tert-OH is 1. The maximum Gasteiger partial charge on any atom is 0.416 e. The lowest BCUT2D eigenvalue weighted by atomic mass is 9.91. The van der Waals surface area contributed by atoms with Crippen molar-refractivity contribution in [2.24, 2.45) is 0 Å². The predicted molar refractivity (Wildman–Crippen MR) is 174 cm³/mol. The van der Waals surface area contributed by atoms with Crippen LogP contribution in [0.3, 0.4) is 0 Å². The van der Waals surface area contributed by atoms with Gasteiger partial charge in [-0.3, -0.25) is 14.5 Å². The van der Waals surface area contributed by atoms with Crippen LogP contribution in [-0.2, 0) is 9.59 Å². The van der Waals surface area contributed by atoms with Crippen molar-refractivity contribution in [3.8, 4) is 28.7 Å². The van der Waals surface area contributed by atoms with Crippen molar-refractivity contribution in [3.63, 3.8) is 0 Å². The number of nitrogens with one attached hydrogen (secondary N) is 1. The molecule has 3 aliphatic rings. The smallest absolute Gasteiger partial charge is 0.416 e. The number of nitrogens with zero attached hydrogens (tertiary/aromatic N) is 3. The van der Waals surface area contributed by atoms with E-state index in [9.17, 15) is 42.6 Å². The fourth-order valence-electron chi connectivity index (χ4n) is 6.83. The number of aryl methyl sites for hydroxylation is 2. The van der Waals surface area contributed by atoms with E-state index in [1.165, 1.54) is 31.2 Å². The number of hydrogen-bond acceptors (Lipinski definition) is 7. The summed E-state index contributed by atoms with van der Waals surface area (Å²) >= 11 is 0. The van der Waals surface area contributed by atoms with E-state index in [2.05, 4.69) is 5.32 Å². The van der Waals surface area contributed by atoms with Crippen LogP contribution in [0.2, 0.25) is 0 Å². The molecule has 3 aromatic carbocycles. The molecule has 0 aromatic heterocycles. The van der Waals surface area contributed by atoms with Gasteiger partial charge in [-0.25, -0.2) is 13.2 Å². The minimum absolute atomic E-state index is 0.0112. The number of alkyl halides is 4. The molecule has 0 radical (unpaired) electrons. The molecular weight excluding hydrogens is 694 g/mol. The predicted octanol–water partition coefficient (Wildman–Crippen LogP) is 6.65. The van der Waals surface area contributed by atoms with Gasteiger partial charge in [0.2, 0.25) is 5.91 Å². The highest BCUT2D eigenvalue weighted by molar-refractivity contribution is 5.85. The topological polar surface area (TPSA) is 126 Å². The van der Waals surface area contributed by atoms with Crippen molar-refractivity contribution in [3.05, 3.63) is 105 Å². The van der Waals surface area contributed by atoms with Crippen LogP contribution in [0.25, 0.3) is 11.1 Å². The lowest BCUT2D eigenvalue weighted by Gasteiger charge is -2.39. The Labute approximate surface area is 294 Å². The standard InChI is InChI=1S/C37H32F6N4O5/c1-18-7-20(14-44)9-30-33(18)22-8-19(2)34(40)26(10-22)29(13-32(49)50)45-36(51)35(25-11-24(52-30)3-4-28(25)39)47-15-21(5-6-46-16-23(38)17-46)27(12-31(47)48)37(41,42)43/h3-4,7-12,15,23,29,31,35,48H,5-6,13,16-17H2,1-2H3,(H,45,51)(H,49,50)/t29-,31?,35-/m0/s1. The van der Waals surface area contributed by atoms with Crippen molar-refractivity contribution in [1.82, 2.24) is 15.1 Å². The van der Waals surface area contributed by atoms with Crippen LogP contribution in [-0.4, -0.2) is 70.1 Å². The van der Waals surface area contributed by atoms with Crippen molar-refractivity contribution < 1.29 is 50.9 Å². The number of hydrogen-bond donors (Lipinski definition) is 3. The van der Waals surface area contributed by atoms with Crippen molar-refractivity contribution >= 4 is 11.9 Å². The first kappa shape index (κ1) is 36.5. The van der Waals surface area contributed by atoms with Crippen LogP contribution in [0, 0.1) is 36.8 Å². The highest BCUT2D eigenvalue weighted by atomic mass is 19.4. The zero-order valence-electron chi connectivity index (χ0n) is 27.8. The van der Waals surface area contributed by atoms with Gasteiger partial charge in [0.1, 0.15) is 41.6 Å². The molecule has 3 N–H and O–H groups in total. The zero-order chi connectivity index (χ0) is 37.6. The van der Waals surface area contributed by atoms with E-state index in [1.807, 2.05) is 6.07 Å². The molecule has 0 spiro atoms. The summed E-state index contributed by atoms with van der Waals surface area (Å²) in [5, 5.41) is 33.2. The number of likely N-dealkylation sites (tertiary alicyclic amines) is 1. The van der Waals surface area contributed by atoms with Gasteiger partial charge in [-0.05, 0) is 91.1 Å². The Morgan fingerprint density at radius 2 is 1.81 bits per heavy atom. The van der Waals surface area contributed by atoms with Gasteiger partial charge in [0.05, 0.1) is 29.7 Å². The molecule has 1 unspecified atom stereocenters. The Hall–Kier alpha value is -5.33. The Morgan fingerprint density at radius 1 is 1.08 bits per heavy atom. The zero-order valence-corrected chi connectivity index (χ0v) is 27.8. The first-order chi connectivity index (χ1) is 24.5. The van der Waals surface area contributed by atoms with E-state index < -0.39 is 71.7 Å². The largest absolute Gasteiger partial charge is 0.481 e. The number of allylic oxidation sites excluding steroid dienone is 1. The summed E-state index contributed by atoms with van der Waals surface area (Å²) < 4.78 is 94.2. The summed E-state index contributed by atoms with van der Waals surface area (Å²) in [4.78, 5) is 28.8. The second-order valence-corrected chi connectivity index (χ2v) is 13.0. The van der Waals surface area contributed by atoms with Crippen LogP contribution < -0.4 is 10.1 Å². The molecule has 3 heterocycles. The minimum atomic E-state index is -4.94. The van der Waals surface area contributed by atoms with Crippen molar-refractivity contribution in [2.45, 2.75) is 57.3 Å². The van der Waals surface area contributed by atoms with E-state index in [4.69, 9.17) is 4.74 Å². The van der Waals surface area contributed by atoms with Gasteiger partial charge in [-0.2, -0.15) is 18.4 Å². The van der Waals surface area contributed by atoms with Crippen LogP contribution >= 0.6 is 0 Å². The number of fused-ring (bicyclic) bond motifs is 6. The molecule has 15 heteroatoms. The third-order valence-electron chi connectivity index (χ3n) is 9.29. The van der Waals surface area contributed by atoms with Crippen LogP contribution in [0.4, 0.5) is 26.3 Å². The third-order valence-corrected chi connectivity index (χ3v) is 9.29. The molecule has 4 bridgehead atoms. The number of ether oxygens (including phenoxy) is 1. The molecule has 9 nitrogen and oxygen atoms in total. The number of carbonyl (C=O) groups excluding carboxylic acids is 1. The van der Waals surface area contributed by atoms with E-state index >= 15 is 8.78 Å². The SMILES string of the molecule is Cc1cc2cc(c1F)[C@H](CC(=O)O)NC(=O)[C@@H](N1C=C(CCN3CC(F)C3)C(C(F)(F)F)=CC1O)c1cc(ccc1F)Oc1cc(C#N)cc(C)c1-2. The second kappa shape index (κ2) is 14.0. The normalized spacial score (nSPS) is 20.8. The van der Waals surface area contributed by atoms with E-state index in [1.54, 1.807) is 17.9 Å². The molecule has 3 aromatic rings. The van der Waals surface area contributed by atoms with Gasteiger partial charge >= 0.3 is 12.1 Å². The van der Waals surface area contributed by atoms with E-state index in [0.717, 1.165) is 23.2 Å². The molecular formula is C37H32F6N4O5. The van der Waals surface area contributed by atoms with Crippen LogP contribution in [0.15, 0.2) is 65.9 Å². The van der Waals surface area contributed by atoms with Gasteiger partial charge < -0.3 is 25.2 Å². The number of nitriles is 1. The molecule has 0 saturated carbocycles. The Bertz CT molecular complexity index is 2050. The first-order valence-electron chi connectivity index (χ1n) is 16.2. The average molecular weight is 727 g/mol. The van der Waals surface area contributed by atoms with Crippen molar-refractivity contribution in [1.29, 1.82) is 5.26 Å². The third kappa shape index (κ3) is 7.21. The summed E-state index contributed by atoms with van der Waals surface area (Å²) in [5.74, 6) is -4.50. The maximum absolute atomic E-state index is 15.9. The van der Waals surface area contributed by atoms with Crippen LogP contribution in [0.5, 0.6) is 11.5 Å². The highest BCUT2D eigenvalue weighted by Gasteiger charge is 2.43. The molecule has 52 heavy (non-hydrogen) atoms. The fourth-order valence-corrected chi connectivity index (χ4v) is 6.83. The number of halogens is 6. The number of carboxylic acid groups (broad SMARTS) is 1. The number of benzene rings is 3. The number of aliphatic carboxylic acids is 1. The highest BCUT2D eigenvalue weighted by Crippen LogP contribution is 2.43. The Morgan fingerprint density at radius 3 is 2.46 bits per heavy atom. The summed E-state index contributed by atoms with van der Waals surface area (Å²) in [6, 6.07) is 7.50. The van der Waals surface area contributed by atoms with Gasteiger partial charge in [-0.1, -0.05) is 0 Å². The summed E-state index contributed by atoms with van der Waals surface area (Å²) in [6.07, 6.45) is -8.00. The summed E-state index contributed by atoms with van der Waals surface area (Å²) in [7, 11) is 0. The molecule has 3 aliphatic heterocycles. The molecule has 272 valence electrons. The van der Waals surface area contributed by atoms with Crippen molar-refractivity contribution in [2.75, 3.05) is 19.6 Å². The van der Waals surface area contributed by atoms with Gasteiger partial charge in [0.15, 0.2) is 0 Å². The summed E-state index contributed by atoms with van der Waals surface area (Å²) in [6.45, 7) is 3.15. The number of carboxylic acids is 1. The quantitative estimate of drug-likeness (QED) is 0.241. The minimum Gasteiger partial charge on any atom is -0.481 e. The maximum atomic E-state index is 15.9. The molecule has 6 rings (SSSR count). The Kier molecular flexibility index (Phi) is 9.82. The monoisotopic (exact) mass is 726 g/mol. The van der Waals surface area contributed by atoms with Gasteiger partial charge in [-0.15, -0.1) is 0 Å². The number of rotatable bonds is 6. The fraction of sp³-hybridized carbons (Fsp3) is 0.324. The lowest BCUT2D eigenvalue weighted by molar-refractivity contribution is -0.138. The van der Waals surface area contributed by atoms with E-state index in [-0.39, 0.29) is 59.8 Å². The number of aliphatic hydroxyl groups is 1. The molecule has 1 saturated heterocycles. The molecule has 3 atom stereocenters. The lowest BCUT2D eigenvalue weighted by Crippen LogP contribution is -2.49. The molecule has 0 aliphatic carbocycles. The number of amides is 1. The van der Waals surface area contributed by atoms with Gasteiger partial charge in [0, 0.05) is 42.5 Å². The Balaban J connectivity index is 1.56. The molecule has 1 fully saturated rings. The number of carbonyl (C=O) groups is 2. The second-order valence-electron chi connectivity index (χ2n) is 13.0.